The molecule has 8 heteroatoms. The number of nitrogens with two attached hydrogens (primary N) is 1. The largest absolute Gasteiger partial charge is 0.504 e. The third kappa shape index (κ3) is 4.41. The van der Waals surface area contributed by atoms with Crippen molar-refractivity contribution in [3.05, 3.63) is 23.8 Å². The summed E-state index contributed by atoms with van der Waals surface area (Å²) in [6, 6.07) is 3.06. The van der Waals surface area contributed by atoms with Gasteiger partial charge in [0.05, 0.1) is 12.6 Å². The fraction of sp³-hybridized carbons (Fsp3) is 0.333. The molecule has 20 heavy (non-hydrogen) atoms. The van der Waals surface area contributed by atoms with Crippen LogP contribution in [0.3, 0.4) is 0 Å². The Morgan fingerprint density at radius 2 is 1.90 bits per heavy atom. The van der Waals surface area contributed by atoms with E-state index in [0.717, 1.165) is 0 Å². The molecule has 0 aromatic heterocycles. The SMILES string of the molecule is N[C@@H](Cc1ccc(O)c(O)c1)C(=O)NCC(O)C(=O)O. The van der Waals surface area contributed by atoms with Gasteiger partial charge in [-0.25, -0.2) is 4.79 Å². The predicted octanol–water partition coefficient (Wildman–Crippen LogP) is -1.47. The molecule has 7 N–H and O–H groups in total. The first-order valence-electron chi connectivity index (χ1n) is 5.76. The molecule has 0 fully saturated rings. The number of rotatable bonds is 6. The summed E-state index contributed by atoms with van der Waals surface area (Å²) in [7, 11) is 0. The minimum atomic E-state index is -1.69. The number of aliphatic carboxylic acids is 1. The molecule has 0 spiro atoms. The molecule has 0 aliphatic heterocycles. The molecular weight excluding hydrogens is 268 g/mol. The maximum absolute atomic E-state index is 11.6. The number of amides is 1. The number of carbonyl (C=O) groups excluding carboxylic acids is 1. The number of aliphatic hydroxyl groups excluding tert-OH is 1. The third-order valence-corrected chi connectivity index (χ3v) is 2.59. The van der Waals surface area contributed by atoms with E-state index in [4.69, 9.17) is 21.1 Å². The topological polar surface area (TPSA) is 153 Å². The van der Waals surface area contributed by atoms with E-state index in [1.807, 2.05) is 0 Å². The van der Waals surface area contributed by atoms with E-state index in [0.29, 0.717) is 5.56 Å². The van der Waals surface area contributed by atoms with E-state index in [2.05, 4.69) is 5.32 Å². The van der Waals surface area contributed by atoms with Crippen LogP contribution < -0.4 is 11.1 Å². The van der Waals surface area contributed by atoms with Crippen molar-refractivity contribution in [3.63, 3.8) is 0 Å². The number of carboxylic acid groups (broad SMARTS) is 1. The maximum Gasteiger partial charge on any atom is 0.334 e. The summed E-state index contributed by atoms with van der Waals surface area (Å²) in [5.74, 6) is -2.67. The summed E-state index contributed by atoms with van der Waals surface area (Å²) in [6.07, 6.45) is -1.60. The molecule has 2 atom stereocenters. The second kappa shape index (κ2) is 6.73. The highest BCUT2D eigenvalue weighted by Crippen LogP contribution is 2.25. The third-order valence-electron chi connectivity index (χ3n) is 2.59. The van der Waals surface area contributed by atoms with Gasteiger partial charge in [-0.3, -0.25) is 4.79 Å². The Hall–Kier alpha value is -2.32. The van der Waals surface area contributed by atoms with E-state index in [9.17, 15) is 14.7 Å². The molecule has 110 valence electrons. The van der Waals surface area contributed by atoms with Crippen LogP contribution in [0.15, 0.2) is 18.2 Å². The zero-order valence-corrected chi connectivity index (χ0v) is 10.5. The lowest BCUT2D eigenvalue weighted by Gasteiger charge is -2.13. The van der Waals surface area contributed by atoms with E-state index in [1.165, 1.54) is 18.2 Å². The summed E-state index contributed by atoms with van der Waals surface area (Å²) < 4.78 is 0. The van der Waals surface area contributed by atoms with Crippen molar-refractivity contribution < 1.29 is 30.0 Å². The van der Waals surface area contributed by atoms with E-state index >= 15 is 0 Å². The monoisotopic (exact) mass is 284 g/mol. The molecule has 1 aromatic carbocycles. The molecule has 0 aliphatic carbocycles. The van der Waals surface area contributed by atoms with Crippen LogP contribution in [0.25, 0.3) is 0 Å². The molecule has 1 rings (SSSR count). The maximum atomic E-state index is 11.6. The Balaban J connectivity index is 2.53. The van der Waals surface area contributed by atoms with Crippen molar-refractivity contribution >= 4 is 11.9 Å². The van der Waals surface area contributed by atoms with Crippen LogP contribution in [-0.2, 0) is 16.0 Å². The van der Waals surface area contributed by atoms with Crippen LogP contribution >= 0.6 is 0 Å². The summed E-state index contributed by atoms with van der Waals surface area (Å²) in [5.41, 5.74) is 6.14. The Morgan fingerprint density at radius 3 is 2.45 bits per heavy atom. The standard InChI is InChI=1S/C12H16N2O6/c13-7(11(18)14-5-10(17)12(19)20)3-6-1-2-8(15)9(16)4-6/h1-2,4,7,10,15-17H,3,5,13H2,(H,14,18)(H,19,20)/t7-,10?/m0/s1. The Bertz CT molecular complexity index is 505. The molecule has 0 aliphatic rings. The second-order valence-corrected chi connectivity index (χ2v) is 4.23. The van der Waals surface area contributed by atoms with Crippen molar-refractivity contribution in [1.29, 1.82) is 0 Å². The minimum absolute atomic E-state index is 0.0862. The molecule has 8 nitrogen and oxygen atoms in total. The summed E-state index contributed by atoms with van der Waals surface area (Å²) in [5, 5.41) is 38.1. The van der Waals surface area contributed by atoms with Gasteiger partial charge in [-0.2, -0.15) is 0 Å². The van der Waals surface area contributed by atoms with Gasteiger partial charge in [0, 0.05) is 0 Å². The average molecular weight is 284 g/mol. The average Bonchev–Trinajstić information content (AvgIpc) is 2.39. The van der Waals surface area contributed by atoms with Crippen molar-refractivity contribution in [2.75, 3.05) is 6.54 Å². The van der Waals surface area contributed by atoms with Gasteiger partial charge in [0.2, 0.25) is 5.91 Å². The second-order valence-electron chi connectivity index (χ2n) is 4.23. The summed E-state index contributed by atoms with van der Waals surface area (Å²) >= 11 is 0. The zero-order valence-electron chi connectivity index (χ0n) is 10.5. The first-order valence-corrected chi connectivity index (χ1v) is 5.76. The van der Waals surface area contributed by atoms with Crippen molar-refractivity contribution in [2.45, 2.75) is 18.6 Å². The van der Waals surface area contributed by atoms with Crippen molar-refractivity contribution in [1.82, 2.24) is 5.32 Å². The highest BCUT2D eigenvalue weighted by atomic mass is 16.4. The predicted molar refractivity (Wildman–Crippen MR) is 68.1 cm³/mol. The first kappa shape index (κ1) is 15.7. The molecule has 0 saturated heterocycles. The number of phenolic OH excluding ortho intramolecular Hbond substituents is 2. The lowest BCUT2D eigenvalue weighted by Crippen LogP contribution is -2.45. The van der Waals surface area contributed by atoms with Gasteiger partial charge < -0.3 is 31.5 Å². The summed E-state index contributed by atoms with van der Waals surface area (Å²) in [6.45, 7) is -0.442. The Labute approximate surface area is 114 Å². The molecular formula is C12H16N2O6. The number of nitrogens with one attached hydrogen (secondary N) is 1. The number of hydrogen-bond donors (Lipinski definition) is 6. The van der Waals surface area contributed by atoms with Crippen LogP contribution in [0.2, 0.25) is 0 Å². The number of aromatic hydroxyl groups is 2. The molecule has 1 amide bonds. The first-order chi connectivity index (χ1) is 9.31. The molecule has 0 saturated carbocycles. The fourth-order valence-electron chi connectivity index (χ4n) is 1.46. The fourth-order valence-corrected chi connectivity index (χ4v) is 1.46. The van der Waals surface area contributed by atoms with Crippen molar-refractivity contribution in [3.8, 4) is 11.5 Å². The number of benzene rings is 1. The lowest BCUT2D eigenvalue weighted by atomic mass is 10.1. The smallest absolute Gasteiger partial charge is 0.334 e. The summed E-state index contributed by atoms with van der Waals surface area (Å²) in [4.78, 5) is 21.9. The van der Waals surface area contributed by atoms with Crippen LogP contribution in [-0.4, -0.2) is 51.0 Å². The van der Waals surface area contributed by atoms with Gasteiger partial charge in [0.1, 0.15) is 0 Å². The van der Waals surface area contributed by atoms with Gasteiger partial charge in [-0.05, 0) is 24.1 Å². The van der Waals surface area contributed by atoms with Gasteiger partial charge in [-0.15, -0.1) is 0 Å². The Morgan fingerprint density at radius 1 is 1.25 bits per heavy atom. The molecule has 0 bridgehead atoms. The van der Waals surface area contributed by atoms with E-state index in [1.54, 1.807) is 0 Å². The number of phenols is 2. The van der Waals surface area contributed by atoms with Crippen LogP contribution in [0, 0.1) is 0 Å². The van der Waals surface area contributed by atoms with Gasteiger partial charge in [-0.1, -0.05) is 6.07 Å². The minimum Gasteiger partial charge on any atom is -0.504 e. The Kier molecular flexibility index (Phi) is 5.30. The van der Waals surface area contributed by atoms with Gasteiger partial charge in [0.25, 0.3) is 0 Å². The molecule has 1 aromatic rings. The number of hydrogen-bond acceptors (Lipinski definition) is 6. The van der Waals surface area contributed by atoms with Crippen molar-refractivity contribution in [2.24, 2.45) is 5.73 Å². The number of aliphatic hydroxyl groups is 1. The molecule has 1 unspecified atom stereocenters. The van der Waals surface area contributed by atoms with E-state index in [-0.39, 0.29) is 17.9 Å². The van der Waals surface area contributed by atoms with Gasteiger partial charge >= 0.3 is 5.97 Å². The van der Waals surface area contributed by atoms with Crippen LogP contribution in [0.4, 0.5) is 0 Å². The quantitative estimate of drug-likeness (QED) is 0.348. The highest BCUT2D eigenvalue weighted by Gasteiger charge is 2.18. The number of carbonyl (C=O) groups is 2. The van der Waals surface area contributed by atoms with Gasteiger partial charge in [0.15, 0.2) is 17.6 Å². The normalized spacial score (nSPS) is 13.5. The van der Waals surface area contributed by atoms with E-state index < -0.39 is 30.6 Å². The zero-order chi connectivity index (χ0) is 15.3. The molecule has 0 heterocycles. The number of carboxylic acids is 1. The van der Waals surface area contributed by atoms with Crippen LogP contribution in [0.1, 0.15) is 5.56 Å². The van der Waals surface area contributed by atoms with Crippen LogP contribution in [0.5, 0.6) is 11.5 Å². The highest BCUT2D eigenvalue weighted by molar-refractivity contribution is 5.82. The lowest BCUT2D eigenvalue weighted by molar-refractivity contribution is -0.146. The molecule has 0 radical (unpaired) electrons.